The molecule has 2 heterocycles. The average molecular weight is 611 g/mol. The third-order valence-corrected chi connectivity index (χ3v) is 8.18. The molecule has 2 aliphatic heterocycles. The maximum atomic E-state index is 15.0. The number of carboxylic acids is 1. The number of rotatable bonds is 12. The highest BCUT2D eigenvalue weighted by Crippen LogP contribution is 2.48. The minimum atomic E-state index is -1.08. The van der Waals surface area contributed by atoms with Crippen LogP contribution < -0.4 is 19.5 Å². The minimum absolute atomic E-state index is 0.00628. The van der Waals surface area contributed by atoms with Crippen molar-refractivity contribution in [3.8, 4) is 17.2 Å². The number of hydrogen-bond acceptors (Lipinski definition) is 7. The normalized spacial score (nSPS) is 19.2. The van der Waals surface area contributed by atoms with Gasteiger partial charge in [-0.1, -0.05) is 26.0 Å². The van der Waals surface area contributed by atoms with Gasteiger partial charge in [0.25, 0.3) is 0 Å². The molecule has 44 heavy (non-hydrogen) atoms. The number of ether oxygens (including phenoxy) is 4. The zero-order valence-electron chi connectivity index (χ0n) is 24.9. The number of halogens is 2. The van der Waals surface area contributed by atoms with E-state index in [0.717, 1.165) is 0 Å². The maximum absolute atomic E-state index is 15.0. The number of aryl methyl sites for hydroxylation is 2. The van der Waals surface area contributed by atoms with Crippen molar-refractivity contribution in [2.24, 2.45) is 5.92 Å². The molecule has 3 atom stereocenters. The molecule has 3 aromatic carbocycles. The quantitative estimate of drug-likeness (QED) is 0.266. The summed E-state index contributed by atoms with van der Waals surface area (Å²) in [6.45, 7) is 4.42. The number of fused-ring (bicyclic) bond motifs is 1. The lowest BCUT2D eigenvalue weighted by molar-refractivity contribution is -0.143. The first kappa shape index (κ1) is 31.2. The van der Waals surface area contributed by atoms with Gasteiger partial charge in [-0.05, 0) is 71.5 Å². The van der Waals surface area contributed by atoms with Crippen molar-refractivity contribution in [2.75, 3.05) is 45.5 Å². The third kappa shape index (κ3) is 6.48. The van der Waals surface area contributed by atoms with E-state index in [2.05, 4.69) is 5.32 Å². The highest BCUT2D eigenvalue weighted by molar-refractivity contribution is 5.94. The highest BCUT2D eigenvalue weighted by atomic mass is 19.1. The molecule has 9 nitrogen and oxygen atoms in total. The second-order valence-electron chi connectivity index (χ2n) is 10.8. The Morgan fingerprint density at radius 3 is 2.34 bits per heavy atom. The summed E-state index contributed by atoms with van der Waals surface area (Å²) in [5.74, 6) is -3.35. The molecule has 0 aromatic heterocycles. The first-order valence-electron chi connectivity index (χ1n) is 14.6. The Morgan fingerprint density at radius 2 is 1.70 bits per heavy atom. The summed E-state index contributed by atoms with van der Waals surface area (Å²) >= 11 is 0. The number of carbonyl (C=O) groups is 2. The second kappa shape index (κ2) is 13.6. The summed E-state index contributed by atoms with van der Waals surface area (Å²) < 4.78 is 50.5. The highest BCUT2D eigenvalue weighted by Gasteiger charge is 2.48. The van der Waals surface area contributed by atoms with Gasteiger partial charge < -0.3 is 29.4 Å². The summed E-state index contributed by atoms with van der Waals surface area (Å²) in [4.78, 5) is 28.3. The Labute approximate surface area is 254 Å². The lowest BCUT2D eigenvalue weighted by Gasteiger charge is -2.27. The fourth-order valence-electron chi connectivity index (χ4n) is 6.14. The van der Waals surface area contributed by atoms with Crippen LogP contribution in [-0.2, 0) is 27.2 Å². The Hall–Kier alpha value is -4.22. The zero-order valence-corrected chi connectivity index (χ0v) is 24.9. The maximum Gasteiger partial charge on any atom is 0.309 e. The number of likely N-dealkylation sites (tertiary alicyclic amines) is 1. The van der Waals surface area contributed by atoms with Crippen molar-refractivity contribution in [1.29, 1.82) is 0 Å². The Balaban J connectivity index is 1.48. The molecule has 1 unspecified atom stereocenters. The van der Waals surface area contributed by atoms with E-state index in [0.29, 0.717) is 59.7 Å². The van der Waals surface area contributed by atoms with Crippen LogP contribution >= 0.6 is 0 Å². The van der Waals surface area contributed by atoms with E-state index in [-0.39, 0.29) is 43.1 Å². The molecule has 2 aliphatic rings. The number of aliphatic carboxylic acids is 1. The number of methoxy groups -OCH3 is 1. The molecule has 2 N–H and O–H groups in total. The fourth-order valence-corrected chi connectivity index (χ4v) is 6.14. The number of nitrogens with zero attached hydrogens (tertiary/aromatic N) is 1. The standard InChI is InChI=1S/C33H36F2N2O7/c1-4-19-12-23(34)13-20(5-2)30(19)36-28(38)17-37-16-25(22-14-26(35)32-27(15-22)43-18-44-32)29(33(39)40)31(37)21-6-8-24(9-7-21)42-11-10-41-3/h6-9,12-15,25,29,31H,4-5,10-11,16-18H2,1-3H3,(H,36,38)(H,39,40)/t25-,29?,31+/m1/s1. The van der Waals surface area contributed by atoms with E-state index in [1.54, 1.807) is 42.3 Å². The number of carbonyl (C=O) groups excluding carboxylic acids is 1. The number of benzene rings is 3. The number of hydrogen-bond donors (Lipinski definition) is 2. The molecule has 234 valence electrons. The first-order valence-corrected chi connectivity index (χ1v) is 14.6. The van der Waals surface area contributed by atoms with E-state index in [4.69, 9.17) is 18.9 Å². The van der Waals surface area contributed by atoms with E-state index < -0.39 is 29.7 Å². The monoisotopic (exact) mass is 610 g/mol. The number of anilines is 1. The van der Waals surface area contributed by atoms with E-state index in [9.17, 15) is 23.5 Å². The number of amides is 1. The van der Waals surface area contributed by atoms with Gasteiger partial charge in [0.15, 0.2) is 11.6 Å². The van der Waals surface area contributed by atoms with Crippen molar-refractivity contribution >= 4 is 17.6 Å². The van der Waals surface area contributed by atoms with Crippen LogP contribution in [0.3, 0.4) is 0 Å². The van der Waals surface area contributed by atoms with Crippen molar-refractivity contribution in [1.82, 2.24) is 4.90 Å². The Kier molecular flexibility index (Phi) is 9.65. The van der Waals surface area contributed by atoms with Crippen LogP contribution in [0, 0.1) is 17.6 Å². The molecule has 0 spiro atoms. The summed E-state index contributed by atoms with van der Waals surface area (Å²) in [6, 6.07) is 12.0. The zero-order chi connectivity index (χ0) is 31.4. The van der Waals surface area contributed by atoms with Gasteiger partial charge in [0.05, 0.1) is 19.1 Å². The van der Waals surface area contributed by atoms with Crippen LogP contribution in [0.25, 0.3) is 0 Å². The van der Waals surface area contributed by atoms with Gasteiger partial charge in [-0.15, -0.1) is 0 Å². The SMILES string of the molecule is CCc1cc(F)cc(CC)c1NC(=O)CN1C[C@H](c2cc(F)c3c(c2)OCO3)C(C(=O)O)[C@@H]1c1ccc(OCCOC)cc1. The fraction of sp³-hybridized carbons (Fsp3) is 0.394. The predicted octanol–water partition coefficient (Wildman–Crippen LogP) is 5.32. The van der Waals surface area contributed by atoms with Crippen LogP contribution in [0.1, 0.15) is 48.1 Å². The molecule has 0 saturated carbocycles. The lowest BCUT2D eigenvalue weighted by Crippen LogP contribution is -2.35. The van der Waals surface area contributed by atoms with Gasteiger partial charge >= 0.3 is 5.97 Å². The topological polar surface area (TPSA) is 107 Å². The summed E-state index contributed by atoms with van der Waals surface area (Å²) in [6.07, 6.45) is 1.04. The van der Waals surface area contributed by atoms with E-state index in [1.807, 2.05) is 13.8 Å². The molecule has 3 aromatic rings. The van der Waals surface area contributed by atoms with Crippen LogP contribution in [0.4, 0.5) is 14.5 Å². The van der Waals surface area contributed by atoms with E-state index >= 15 is 0 Å². The van der Waals surface area contributed by atoms with Gasteiger partial charge in [0.1, 0.15) is 18.2 Å². The summed E-state index contributed by atoms with van der Waals surface area (Å²) in [5, 5.41) is 13.5. The van der Waals surface area contributed by atoms with Gasteiger partial charge in [0.2, 0.25) is 18.4 Å². The van der Waals surface area contributed by atoms with Gasteiger partial charge in [0, 0.05) is 31.3 Å². The predicted molar refractivity (Wildman–Crippen MR) is 158 cm³/mol. The molecule has 11 heteroatoms. The lowest BCUT2D eigenvalue weighted by atomic mass is 9.82. The molecular formula is C33H36F2N2O7. The van der Waals surface area contributed by atoms with Crippen molar-refractivity contribution < 1.29 is 42.4 Å². The molecule has 0 aliphatic carbocycles. The summed E-state index contributed by atoms with van der Waals surface area (Å²) in [7, 11) is 1.58. The second-order valence-corrected chi connectivity index (χ2v) is 10.8. The molecular weight excluding hydrogens is 574 g/mol. The molecule has 1 fully saturated rings. The largest absolute Gasteiger partial charge is 0.491 e. The Morgan fingerprint density at radius 1 is 1.00 bits per heavy atom. The van der Waals surface area contributed by atoms with Crippen LogP contribution in [0.2, 0.25) is 0 Å². The van der Waals surface area contributed by atoms with Gasteiger partial charge in [-0.25, -0.2) is 8.78 Å². The molecule has 0 radical (unpaired) electrons. The average Bonchev–Trinajstić information content (AvgIpc) is 3.64. The molecule has 1 saturated heterocycles. The first-order chi connectivity index (χ1) is 21.2. The van der Waals surface area contributed by atoms with Gasteiger partial charge in [-0.2, -0.15) is 0 Å². The molecule has 1 amide bonds. The summed E-state index contributed by atoms with van der Waals surface area (Å²) in [5.41, 5.74) is 3.02. The van der Waals surface area contributed by atoms with Crippen LogP contribution in [0.5, 0.6) is 17.2 Å². The van der Waals surface area contributed by atoms with E-state index in [1.165, 1.54) is 18.2 Å². The number of carboxylic acid groups (broad SMARTS) is 1. The minimum Gasteiger partial charge on any atom is -0.491 e. The molecule has 5 rings (SSSR count). The van der Waals surface area contributed by atoms with Crippen molar-refractivity contribution in [3.63, 3.8) is 0 Å². The van der Waals surface area contributed by atoms with Crippen molar-refractivity contribution in [3.05, 3.63) is 82.4 Å². The van der Waals surface area contributed by atoms with Crippen LogP contribution in [0.15, 0.2) is 48.5 Å². The van der Waals surface area contributed by atoms with Crippen molar-refractivity contribution in [2.45, 2.75) is 38.6 Å². The third-order valence-electron chi connectivity index (χ3n) is 8.18. The molecule has 0 bridgehead atoms. The number of nitrogens with one attached hydrogen (secondary N) is 1. The van der Waals surface area contributed by atoms with Gasteiger partial charge in [-0.3, -0.25) is 14.5 Å². The Bertz CT molecular complexity index is 1490. The smallest absolute Gasteiger partial charge is 0.309 e. The van der Waals surface area contributed by atoms with Crippen LogP contribution in [-0.4, -0.2) is 62.1 Å².